The van der Waals surface area contributed by atoms with Crippen LogP contribution in [0.25, 0.3) is 0 Å². The van der Waals surface area contributed by atoms with Crippen molar-refractivity contribution in [2.75, 3.05) is 19.0 Å². The molecule has 74 valence electrons. The Kier molecular flexibility index (Phi) is 2.35. The van der Waals surface area contributed by atoms with Crippen LogP contribution in [0.3, 0.4) is 0 Å². The van der Waals surface area contributed by atoms with E-state index in [1.807, 2.05) is 6.07 Å². The number of aryl methyl sites for hydroxylation is 1. The number of pyridine rings is 1. The quantitative estimate of drug-likeness (QED) is 0.680. The summed E-state index contributed by atoms with van der Waals surface area (Å²) >= 11 is 0. The summed E-state index contributed by atoms with van der Waals surface area (Å²) in [5.41, 5.74) is 1.62. The van der Waals surface area contributed by atoms with Gasteiger partial charge in [-0.15, -0.1) is 0 Å². The average molecular weight is 192 g/mol. The molecule has 1 aliphatic heterocycles. The molecule has 0 aromatic carbocycles. The van der Waals surface area contributed by atoms with Gasteiger partial charge in [0, 0.05) is 12.7 Å². The molecular formula is C10H12N2O2. The number of methoxy groups -OCH3 is 1. The summed E-state index contributed by atoms with van der Waals surface area (Å²) in [4.78, 5) is 15.4. The lowest BCUT2D eigenvalue weighted by Gasteiger charge is -2.16. The number of fused-ring (bicyclic) bond motifs is 1. The van der Waals surface area contributed by atoms with Crippen LogP contribution in [0.2, 0.25) is 0 Å². The number of nitrogens with zero attached hydrogens (tertiary/aromatic N) is 1. The Morgan fingerprint density at radius 2 is 2.50 bits per heavy atom. The van der Waals surface area contributed by atoms with Crippen molar-refractivity contribution in [3.05, 3.63) is 23.4 Å². The topological polar surface area (TPSA) is 51.2 Å². The van der Waals surface area contributed by atoms with Crippen LogP contribution in [-0.4, -0.2) is 24.6 Å². The normalized spacial score (nSPS) is 14.1. The molecule has 4 heteroatoms. The van der Waals surface area contributed by atoms with E-state index in [1.54, 1.807) is 6.20 Å². The minimum atomic E-state index is -0.328. The first-order valence-electron chi connectivity index (χ1n) is 4.62. The van der Waals surface area contributed by atoms with Crippen molar-refractivity contribution in [3.8, 4) is 0 Å². The van der Waals surface area contributed by atoms with Crippen molar-refractivity contribution in [1.29, 1.82) is 0 Å². The number of carbonyl (C=O) groups is 1. The fourth-order valence-electron chi connectivity index (χ4n) is 1.58. The predicted molar refractivity (Wildman–Crippen MR) is 52.4 cm³/mol. The van der Waals surface area contributed by atoms with Gasteiger partial charge in [0.05, 0.1) is 12.7 Å². The zero-order valence-corrected chi connectivity index (χ0v) is 8.04. The van der Waals surface area contributed by atoms with Gasteiger partial charge in [0.1, 0.15) is 5.82 Å². The van der Waals surface area contributed by atoms with E-state index in [1.165, 1.54) is 7.11 Å². The second-order valence-electron chi connectivity index (χ2n) is 3.25. The molecule has 2 rings (SSSR count). The van der Waals surface area contributed by atoms with Crippen molar-refractivity contribution in [1.82, 2.24) is 4.98 Å². The van der Waals surface area contributed by atoms with Crippen LogP contribution in [0.4, 0.5) is 5.82 Å². The molecule has 0 unspecified atom stereocenters. The van der Waals surface area contributed by atoms with E-state index >= 15 is 0 Å². The summed E-state index contributed by atoms with van der Waals surface area (Å²) < 4.78 is 4.63. The Labute approximate surface area is 82.3 Å². The van der Waals surface area contributed by atoms with Gasteiger partial charge in [-0.25, -0.2) is 9.78 Å². The number of hydrogen-bond donors (Lipinski definition) is 1. The van der Waals surface area contributed by atoms with Crippen LogP contribution >= 0.6 is 0 Å². The SMILES string of the molecule is COC(=O)c1cnc2c(c1)CCCN2. The summed E-state index contributed by atoms with van der Waals surface area (Å²) in [5.74, 6) is 0.565. The lowest BCUT2D eigenvalue weighted by Crippen LogP contribution is -2.14. The molecule has 2 heterocycles. The van der Waals surface area contributed by atoms with Crippen LogP contribution in [-0.2, 0) is 11.2 Å². The molecule has 1 aromatic rings. The Balaban J connectivity index is 2.33. The number of esters is 1. The third-order valence-corrected chi connectivity index (χ3v) is 2.30. The monoisotopic (exact) mass is 192 g/mol. The molecule has 14 heavy (non-hydrogen) atoms. The first-order valence-corrected chi connectivity index (χ1v) is 4.62. The second-order valence-corrected chi connectivity index (χ2v) is 3.25. The molecule has 4 nitrogen and oxygen atoms in total. The lowest BCUT2D eigenvalue weighted by atomic mass is 10.1. The van der Waals surface area contributed by atoms with Crippen LogP contribution in [0.1, 0.15) is 22.3 Å². The molecule has 0 radical (unpaired) electrons. The highest BCUT2D eigenvalue weighted by Crippen LogP contribution is 2.20. The van der Waals surface area contributed by atoms with E-state index in [0.717, 1.165) is 30.8 Å². The molecule has 1 aromatic heterocycles. The second kappa shape index (κ2) is 3.65. The molecule has 0 saturated heterocycles. The number of nitrogens with one attached hydrogen (secondary N) is 1. The molecule has 0 saturated carbocycles. The number of anilines is 1. The van der Waals surface area contributed by atoms with Crippen LogP contribution in [0.15, 0.2) is 12.3 Å². The molecule has 1 aliphatic rings. The van der Waals surface area contributed by atoms with Crippen molar-refractivity contribution < 1.29 is 9.53 Å². The zero-order chi connectivity index (χ0) is 9.97. The van der Waals surface area contributed by atoms with E-state index < -0.39 is 0 Å². The van der Waals surface area contributed by atoms with E-state index in [-0.39, 0.29) is 5.97 Å². The molecule has 0 fully saturated rings. The summed E-state index contributed by atoms with van der Waals surface area (Å²) in [5, 5.41) is 3.18. The van der Waals surface area contributed by atoms with Gasteiger partial charge in [-0.1, -0.05) is 0 Å². The first-order chi connectivity index (χ1) is 6.81. The largest absolute Gasteiger partial charge is 0.465 e. The number of aromatic nitrogens is 1. The van der Waals surface area contributed by atoms with Crippen molar-refractivity contribution in [3.63, 3.8) is 0 Å². The Morgan fingerprint density at radius 1 is 1.64 bits per heavy atom. The standard InChI is InChI=1S/C10H12N2O2/c1-14-10(13)8-5-7-3-2-4-11-9(7)12-6-8/h5-6H,2-4H2,1H3,(H,11,12). The number of rotatable bonds is 1. The van der Waals surface area contributed by atoms with E-state index in [9.17, 15) is 4.79 Å². The van der Waals surface area contributed by atoms with Gasteiger partial charge in [-0.05, 0) is 24.5 Å². The fraction of sp³-hybridized carbons (Fsp3) is 0.400. The Morgan fingerprint density at radius 3 is 3.29 bits per heavy atom. The lowest BCUT2D eigenvalue weighted by molar-refractivity contribution is 0.0600. The van der Waals surface area contributed by atoms with Gasteiger partial charge in [0.2, 0.25) is 0 Å². The molecule has 0 atom stereocenters. The highest BCUT2D eigenvalue weighted by atomic mass is 16.5. The van der Waals surface area contributed by atoms with E-state index in [0.29, 0.717) is 5.56 Å². The van der Waals surface area contributed by atoms with Gasteiger partial charge >= 0.3 is 5.97 Å². The molecule has 0 aliphatic carbocycles. The Hall–Kier alpha value is -1.58. The smallest absolute Gasteiger partial charge is 0.339 e. The van der Waals surface area contributed by atoms with Gasteiger partial charge in [0.25, 0.3) is 0 Å². The summed E-state index contributed by atoms with van der Waals surface area (Å²) in [6, 6.07) is 1.85. The third kappa shape index (κ3) is 1.55. The summed E-state index contributed by atoms with van der Waals surface area (Å²) in [7, 11) is 1.38. The van der Waals surface area contributed by atoms with Gasteiger partial charge < -0.3 is 10.1 Å². The predicted octanol–water partition coefficient (Wildman–Crippen LogP) is 1.23. The molecule has 1 N–H and O–H groups in total. The zero-order valence-electron chi connectivity index (χ0n) is 8.04. The minimum Gasteiger partial charge on any atom is -0.465 e. The van der Waals surface area contributed by atoms with Gasteiger partial charge in [-0.3, -0.25) is 0 Å². The summed E-state index contributed by atoms with van der Waals surface area (Å²) in [6.45, 7) is 0.956. The highest BCUT2D eigenvalue weighted by molar-refractivity contribution is 5.89. The molecular weight excluding hydrogens is 180 g/mol. The fourth-order valence-corrected chi connectivity index (χ4v) is 1.58. The molecule has 0 bridgehead atoms. The summed E-state index contributed by atoms with van der Waals surface area (Å²) in [6.07, 6.45) is 3.60. The maximum absolute atomic E-state index is 11.2. The number of carbonyl (C=O) groups excluding carboxylic acids is 1. The average Bonchev–Trinajstić information content (AvgIpc) is 2.27. The van der Waals surface area contributed by atoms with E-state index in [4.69, 9.17) is 0 Å². The Bertz CT molecular complexity index is 363. The van der Waals surface area contributed by atoms with E-state index in [2.05, 4.69) is 15.0 Å². The van der Waals surface area contributed by atoms with Crippen LogP contribution < -0.4 is 5.32 Å². The maximum Gasteiger partial charge on any atom is 0.339 e. The van der Waals surface area contributed by atoms with Crippen molar-refractivity contribution >= 4 is 11.8 Å². The minimum absolute atomic E-state index is 0.328. The number of ether oxygens (including phenoxy) is 1. The third-order valence-electron chi connectivity index (χ3n) is 2.30. The first kappa shape index (κ1) is 8.99. The van der Waals surface area contributed by atoms with Crippen molar-refractivity contribution in [2.45, 2.75) is 12.8 Å². The van der Waals surface area contributed by atoms with Crippen LogP contribution in [0.5, 0.6) is 0 Å². The molecule has 0 amide bonds. The van der Waals surface area contributed by atoms with Gasteiger partial charge in [0.15, 0.2) is 0 Å². The number of hydrogen-bond acceptors (Lipinski definition) is 4. The van der Waals surface area contributed by atoms with Crippen LogP contribution in [0, 0.1) is 0 Å². The van der Waals surface area contributed by atoms with Gasteiger partial charge in [-0.2, -0.15) is 0 Å². The maximum atomic E-state index is 11.2. The van der Waals surface area contributed by atoms with Crippen molar-refractivity contribution in [2.24, 2.45) is 0 Å². The molecule has 0 spiro atoms. The highest BCUT2D eigenvalue weighted by Gasteiger charge is 2.13.